The highest BCUT2D eigenvalue weighted by Gasteiger charge is 2.39. The first-order valence-electron chi connectivity index (χ1n) is 14.5. The van der Waals surface area contributed by atoms with Gasteiger partial charge in [0.15, 0.2) is 5.65 Å². The molecule has 0 aliphatic heterocycles. The molecule has 5 rings (SSSR count). The Kier molecular flexibility index (Phi) is 9.75. The number of nitrogens with zero attached hydrogens (tertiary/aromatic N) is 2. The molecule has 10 nitrogen and oxygen atoms in total. The Morgan fingerprint density at radius 3 is 2.50 bits per heavy atom. The zero-order valence-electron chi connectivity index (χ0n) is 25.3. The summed E-state index contributed by atoms with van der Waals surface area (Å²) in [6.07, 6.45) is 9.55. The van der Waals surface area contributed by atoms with Crippen molar-refractivity contribution in [1.29, 1.82) is 0 Å². The van der Waals surface area contributed by atoms with Gasteiger partial charge in [-0.15, -0.1) is 0 Å². The predicted octanol–water partition coefficient (Wildman–Crippen LogP) is 6.08. The lowest BCUT2D eigenvalue weighted by molar-refractivity contribution is 0.0597. The summed E-state index contributed by atoms with van der Waals surface area (Å²) in [5, 5.41) is 0.438. The maximum atomic E-state index is 14.2. The molecule has 0 radical (unpaired) electrons. The highest BCUT2D eigenvalue weighted by molar-refractivity contribution is 7.91. The molecule has 0 saturated carbocycles. The Hall–Kier alpha value is -4.33. The van der Waals surface area contributed by atoms with Crippen molar-refractivity contribution in [2.24, 2.45) is 0 Å². The summed E-state index contributed by atoms with van der Waals surface area (Å²) in [5.74, 6) is -1.58. The van der Waals surface area contributed by atoms with E-state index in [2.05, 4.69) is 0 Å². The Labute approximate surface area is 267 Å². The topological polar surface area (TPSA) is 131 Å². The summed E-state index contributed by atoms with van der Waals surface area (Å²) in [6, 6.07) is 15.2. The number of hydrogen-bond acceptors (Lipinski definition) is 9. The first kappa shape index (κ1) is 33.0. The van der Waals surface area contributed by atoms with Crippen LogP contribution in [0.5, 0.6) is 11.5 Å². The second-order valence-electron chi connectivity index (χ2n) is 11.0. The molecule has 46 heavy (non-hydrogen) atoms. The molecule has 0 bridgehead atoms. The van der Waals surface area contributed by atoms with Gasteiger partial charge in [0.25, 0.3) is 10.1 Å². The zero-order chi connectivity index (χ0) is 33.0. The van der Waals surface area contributed by atoms with E-state index in [1.165, 1.54) is 19.4 Å². The lowest BCUT2D eigenvalue weighted by Gasteiger charge is -2.27. The van der Waals surface area contributed by atoms with Crippen LogP contribution in [-0.2, 0) is 41.2 Å². The normalized spacial score (nSPS) is 16.5. The molecule has 13 heteroatoms. The third kappa shape index (κ3) is 7.22. The minimum Gasteiger partial charge on any atom is -0.465 e. The molecule has 0 spiro atoms. The van der Waals surface area contributed by atoms with Gasteiger partial charge in [0.2, 0.25) is 10.0 Å². The summed E-state index contributed by atoms with van der Waals surface area (Å²) in [6.45, 7) is 1.56. The number of carbonyl (C=O) groups excluding carboxylic acids is 1. The van der Waals surface area contributed by atoms with Gasteiger partial charge in [-0.2, -0.15) is 8.42 Å². The zero-order valence-corrected chi connectivity index (χ0v) is 26.9. The number of unbranched alkanes of at least 4 members (excludes halogenated alkanes) is 1. The molecule has 0 fully saturated rings. The van der Waals surface area contributed by atoms with E-state index in [0.29, 0.717) is 29.5 Å². The van der Waals surface area contributed by atoms with Crippen LogP contribution in [0.2, 0.25) is 0 Å². The quantitative estimate of drug-likeness (QED) is 0.0946. The number of hydrogen-bond donors (Lipinski definition) is 0. The highest BCUT2D eigenvalue weighted by Crippen LogP contribution is 2.35. The van der Waals surface area contributed by atoms with Crippen molar-refractivity contribution in [3.63, 3.8) is 0 Å². The maximum absolute atomic E-state index is 14.2. The number of aryl methyl sites for hydroxylation is 1. The third-order valence-electron chi connectivity index (χ3n) is 7.56. The van der Waals surface area contributed by atoms with Gasteiger partial charge in [-0.3, -0.25) is 4.18 Å². The highest BCUT2D eigenvalue weighted by atomic mass is 32.2. The molecule has 1 aliphatic carbocycles. The van der Waals surface area contributed by atoms with E-state index in [4.69, 9.17) is 18.6 Å². The molecule has 2 heterocycles. The van der Waals surface area contributed by atoms with Crippen LogP contribution in [0.15, 0.2) is 91.2 Å². The number of carbonyl (C=O) groups is 1. The van der Waals surface area contributed by atoms with Gasteiger partial charge < -0.3 is 9.47 Å². The number of benzene rings is 2. The average molecular weight is 669 g/mol. The molecule has 1 unspecified atom stereocenters. The fourth-order valence-corrected chi connectivity index (χ4v) is 7.68. The number of rotatable bonds is 13. The van der Waals surface area contributed by atoms with Crippen molar-refractivity contribution in [2.45, 2.75) is 43.1 Å². The summed E-state index contributed by atoms with van der Waals surface area (Å²) in [7, 11) is -6.57. The molecule has 242 valence electrons. The van der Waals surface area contributed by atoms with E-state index in [1.807, 2.05) is 0 Å². The number of aromatic nitrogens is 2. The van der Waals surface area contributed by atoms with Crippen molar-refractivity contribution in [2.75, 3.05) is 13.7 Å². The lowest BCUT2D eigenvalue weighted by Crippen LogP contribution is -2.37. The van der Waals surface area contributed by atoms with Crippen LogP contribution in [0.25, 0.3) is 11.0 Å². The van der Waals surface area contributed by atoms with E-state index >= 15 is 0 Å². The van der Waals surface area contributed by atoms with Crippen molar-refractivity contribution >= 4 is 37.1 Å². The molecular weight excluding hydrogens is 636 g/mol. The first-order chi connectivity index (χ1) is 21.9. The Morgan fingerprint density at radius 1 is 1.00 bits per heavy atom. The van der Waals surface area contributed by atoms with E-state index in [9.17, 15) is 26.0 Å². The summed E-state index contributed by atoms with van der Waals surface area (Å²) < 4.78 is 82.8. The molecule has 0 N–H and O–H groups in total. The minimum absolute atomic E-state index is 0.0165. The number of allylic oxidation sites excluding steroid dienone is 3. The number of halogens is 1. The van der Waals surface area contributed by atoms with Crippen LogP contribution < -0.4 is 4.74 Å². The molecule has 1 aliphatic rings. The van der Waals surface area contributed by atoms with Crippen molar-refractivity contribution in [3.8, 4) is 11.5 Å². The van der Waals surface area contributed by atoms with Crippen LogP contribution in [0.3, 0.4) is 0 Å². The predicted molar refractivity (Wildman–Crippen MR) is 171 cm³/mol. The monoisotopic (exact) mass is 668 g/mol. The summed E-state index contributed by atoms with van der Waals surface area (Å²) in [5.41, 5.74) is 1.08. The Balaban J connectivity index is 1.43. The van der Waals surface area contributed by atoms with Crippen molar-refractivity contribution in [3.05, 3.63) is 114 Å². The van der Waals surface area contributed by atoms with Crippen LogP contribution in [0, 0.1) is 5.82 Å². The van der Waals surface area contributed by atoms with Crippen molar-refractivity contribution < 1.29 is 39.7 Å². The number of fused-ring (bicyclic) bond motifs is 1. The number of pyridine rings is 1. The first-order valence-corrected chi connectivity index (χ1v) is 17.5. The number of ether oxygens (including phenoxy) is 2. The molecule has 0 amide bonds. The van der Waals surface area contributed by atoms with E-state index in [-0.39, 0.29) is 47.9 Å². The third-order valence-corrected chi connectivity index (χ3v) is 11.1. The van der Waals surface area contributed by atoms with Gasteiger partial charge >= 0.3 is 5.97 Å². The van der Waals surface area contributed by atoms with Gasteiger partial charge in [-0.1, -0.05) is 54.6 Å². The maximum Gasteiger partial charge on any atom is 0.341 e. The fraction of sp³-hybridized carbons (Fsp3) is 0.273. The molecular formula is C33H33FN2O8S2. The standard InChI is InChI=1S/C33H33FN2O8S2/c1-33(17-8-4-9-18-33)46(40,41)36-19-16-25-21-30(44-29-22-26(34)14-15-27(29)32(37)42-2)28(35-31(25)36)13-7-10-20-43-45(38,39)23-24-11-5-3-6-12-24/h3-6,8-9,11-12,14-17,19,21-22H,7,10,13,18,20,23H2,1-2H3. The minimum atomic E-state index is -3.95. The SMILES string of the molecule is COC(=O)c1ccc(F)cc1Oc1cc2ccn(S(=O)(=O)C3(C)C=CC=CC3)c2nc1CCCCOS(=O)(=O)Cc1ccccc1. The van der Waals surface area contributed by atoms with Crippen LogP contribution in [-0.4, -0.2) is 50.2 Å². The fourth-order valence-electron chi connectivity index (χ4n) is 5.02. The largest absolute Gasteiger partial charge is 0.465 e. The van der Waals surface area contributed by atoms with Gasteiger partial charge in [-0.05, 0) is 62.4 Å². The second kappa shape index (κ2) is 13.6. The number of esters is 1. The molecule has 1 atom stereocenters. The summed E-state index contributed by atoms with van der Waals surface area (Å²) in [4.78, 5) is 17.1. The van der Waals surface area contributed by atoms with Gasteiger partial charge in [0.1, 0.15) is 33.4 Å². The molecule has 2 aromatic carbocycles. The van der Waals surface area contributed by atoms with Gasteiger partial charge in [-0.25, -0.2) is 26.6 Å². The Morgan fingerprint density at radius 2 is 1.78 bits per heavy atom. The lowest BCUT2D eigenvalue weighted by atomic mass is 10.0. The van der Waals surface area contributed by atoms with Crippen LogP contribution in [0.1, 0.15) is 47.8 Å². The Bertz CT molecular complexity index is 2020. The van der Waals surface area contributed by atoms with Gasteiger partial charge in [0.05, 0.1) is 19.4 Å². The second-order valence-corrected chi connectivity index (χ2v) is 14.9. The molecule has 2 aromatic heterocycles. The van der Waals surface area contributed by atoms with E-state index in [0.717, 1.165) is 16.1 Å². The summed E-state index contributed by atoms with van der Waals surface area (Å²) >= 11 is 0. The number of methoxy groups -OCH3 is 1. The van der Waals surface area contributed by atoms with Gasteiger partial charge in [0, 0.05) is 17.6 Å². The van der Waals surface area contributed by atoms with Crippen LogP contribution >= 0.6 is 0 Å². The van der Waals surface area contributed by atoms with Crippen molar-refractivity contribution in [1.82, 2.24) is 8.96 Å². The van der Waals surface area contributed by atoms with Crippen LogP contribution in [0.4, 0.5) is 4.39 Å². The molecule has 0 saturated heterocycles. The molecule has 4 aromatic rings. The smallest absolute Gasteiger partial charge is 0.341 e. The van der Waals surface area contributed by atoms with E-state index < -0.39 is 36.7 Å². The average Bonchev–Trinajstić information content (AvgIpc) is 3.44. The van der Waals surface area contributed by atoms with E-state index in [1.54, 1.807) is 73.7 Å².